The maximum atomic E-state index is 4.58. The van der Waals surface area contributed by atoms with E-state index in [9.17, 15) is 0 Å². The zero-order chi connectivity index (χ0) is 14.8. The Hall–Kier alpha value is -0.930. The lowest BCUT2D eigenvalue weighted by molar-refractivity contribution is 0.0305. The zero-order valence-electron chi connectivity index (χ0n) is 13.6. The fourth-order valence-electron chi connectivity index (χ4n) is 2.90. The van der Waals surface area contributed by atoms with E-state index in [0.717, 1.165) is 26.1 Å². The van der Waals surface area contributed by atoms with E-state index in [0.29, 0.717) is 12.0 Å². The topological polar surface area (TPSA) is 28.2 Å². The molecule has 1 aliphatic heterocycles. The number of nitrogens with zero attached hydrogens (tertiary/aromatic N) is 2. The molecule has 1 fully saturated rings. The van der Waals surface area contributed by atoms with Crippen molar-refractivity contribution < 1.29 is 0 Å². The van der Waals surface area contributed by atoms with Crippen LogP contribution in [-0.4, -0.2) is 34.6 Å². The van der Waals surface area contributed by atoms with Gasteiger partial charge in [0.05, 0.1) is 5.69 Å². The van der Waals surface area contributed by atoms with Crippen LogP contribution in [-0.2, 0) is 6.54 Å². The van der Waals surface area contributed by atoms with Gasteiger partial charge in [0, 0.05) is 37.4 Å². The minimum Gasteiger partial charge on any atom is -0.311 e. The SMILES string of the molecule is CCC1(C)CNC(C(C)C)CN1Cc1ncccc1C. The van der Waals surface area contributed by atoms with Crippen LogP contribution in [0.1, 0.15) is 45.4 Å². The van der Waals surface area contributed by atoms with E-state index in [1.165, 1.54) is 11.3 Å². The lowest BCUT2D eigenvalue weighted by Gasteiger charge is -2.49. The average Bonchev–Trinajstić information content (AvgIpc) is 2.43. The largest absolute Gasteiger partial charge is 0.311 e. The molecule has 1 N–H and O–H groups in total. The van der Waals surface area contributed by atoms with Crippen LogP contribution in [0.15, 0.2) is 18.3 Å². The van der Waals surface area contributed by atoms with Crippen molar-refractivity contribution in [3.05, 3.63) is 29.6 Å². The summed E-state index contributed by atoms with van der Waals surface area (Å²) in [5, 5.41) is 3.73. The molecule has 0 amide bonds. The molecule has 0 radical (unpaired) electrons. The number of aryl methyl sites for hydroxylation is 1. The van der Waals surface area contributed by atoms with Gasteiger partial charge in [-0.25, -0.2) is 0 Å². The van der Waals surface area contributed by atoms with Gasteiger partial charge in [-0.1, -0.05) is 26.8 Å². The fraction of sp³-hybridized carbons (Fsp3) is 0.706. The van der Waals surface area contributed by atoms with Gasteiger partial charge in [-0.05, 0) is 37.8 Å². The first-order valence-corrected chi connectivity index (χ1v) is 7.85. The summed E-state index contributed by atoms with van der Waals surface area (Å²) >= 11 is 0. The van der Waals surface area contributed by atoms with Crippen molar-refractivity contribution in [3.63, 3.8) is 0 Å². The Kier molecular flexibility index (Phi) is 4.82. The standard InChI is InChI=1S/C17H29N3/c1-6-17(5)12-19-15(13(2)3)10-20(17)11-16-14(4)8-7-9-18-16/h7-9,13,15,19H,6,10-12H2,1-5H3. The number of hydrogen-bond donors (Lipinski definition) is 1. The Balaban J connectivity index is 2.18. The Morgan fingerprint density at radius 1 is 1.50 bits per heavy atom. The van der Waals surface area contributed by atoms with Crippen LogP contribution < -0.4 is 5.32 Å². The number of aromatic nitrogens is 1. The molecule has 2 heterocycles. The number of nitrogens with one attached hydrogen (secondary N) is 1. The highest BCUT2D eigenvalue weighted by Crippen LogP contribution is 2.27. The van der Waals surface area contributed by atoms with E-state index >= 15 is 0 Å². The summed E-state index contributed by atoms with van der Waals surface area (Å²) in [4.78, 5) is 7.21. The van der Waals surface area contributed by atoms with Crippen LogP contribution in [0.25, 0.3) is 0 Å². The predicted octanol–water partition coefficient (Wildman–Crippen LogP) is 2.99. The highest BCUT2D eigenvalue weighted by atomic mass is 15.3. The monoisotopic (exact) mass is 275 g/mol. The second-order valence-electron chi connectivity index (χ2n) is 6.73. The first-order valence-electron chi connectivity index (χ1n) is 7.85. The number of rotatable bonds is 4. The summed E-state index contributed by atoms with van der Waals surface area (Å²) in [6.07, 6.45) is 3.07. The Labute approximate surface area is 123 Å². The van der Waals surface area contributed by atoms with E-state index in [1.54, 1.807) is 0 Å². The molecule has 0 aliphatic carbocycles. The molecule has 112 valence electrons. The van der Waals surface area contributed by atoms with Crippen molar-refractivity contribution in [3.8, 4) is 0 Å². The molecule has 0 bridgehead atoms. The minimum absolute atomic E-state index is 0.231. The molecule has 2 atom stereocenters. The van der Waals surface area contributed by atoms with Gasteiger partial charge in [-0.3, -0.25) is 9.88 Å². The second-order valence-corrected chi connectivity index (χ2v) is 6.73. The lowest BCUT2D eigenvalue weighted by Crippen LogP contribution is -2.63. The van der Waals surface area contributed by atoms with Crippen LogP contribution in [0.3, 0.4) is 0 Å². The Bertz CT molecular complexity index is 444. The molecule has 0 spiro atoms. The smallest absolute Gasteiger partial charge is 0.0573 e. The molecule has 2 rings (SSSR count). The van der Waals surface area contributed by atoms with Gasteiger partial charge in [-0.15, -0.1) is 0 Å². The summed E-state index contributed by atoms with van der Waals surface area (Å²) in [7, 11) is 0. The first kappa shape index (κ1) is 15.5. The average molecular weight is 275 g/mol. The fourth-order valence-corrected chi connectivity index (χ4v) is 2.90. The molecule has 20 heavy (non-hydrogen) atoms. The number of piperazine rings is 1. The molecule has 1 aliphatic rings. The van der Waals surface area contributed by atoms with Crippen LogP contribution in [0.5, 0.6) is 0 Å². The van der Waals surface area contributed by atoms with Gasteiger partial charge in [0.1, 0.15) is 0 Å². The minimum atomic E-state index is 0.231. The highest BCUT2D eigenvalue weighted by molar-refractivity contribution is 5.18. The van der Waals surface area contributed by atoms with E-state index < -0.39 is 0 Å². The molecular formula is C17H29N3. The van der Waals surface area contributed by atoms with Gasteiger partial charge in [0.25, 0.3) is 0 Å². The molecule has 1 aromatic heterocycles. The van der Waals surface area contributed by atoms with Crippen molar-refractivity contribution >= 4 is 0 Å². The first-order chi connectivity index (χ1) is 9.46. The Morgan fingerprint density at radius 2 is 2.25 bits per heavy atom. The summed E-state index contributed by atoms with van der Waals surface area (Å²) in [6, 6.07) is 4.76. The third kappa shape index (κ3) is 3.21. The molecule has 1 saturated heterocycles. The summed E-state index contributed by atoms with van der Waals surface area (Å²) in [5.41, 5.74) is 2.75. The quantitative estimate of drug-likeness (QED) is 0.915. The molecular weight excluding hydrogens is 246 g/mol. The number of pyridine rings is 1. The molecule has 0 aromatic carbocycles. The van der Waals surface area contributed by atoms with Crippen LogP contribution in [0.2, 0.25) is 0 Å². The maximum Gasteiger partial charge on any atom is 0.0573 e. The van der Waals surface area contributed by atoms with E-state index in [-0.39, 0.29) is 5.54 Å². The van der Waals surface area contributed by atoms with Crippen molar-refractivity contribution in [2.24, 2.45) is 5.92 Å². The van der Waals surface area contributed by atoms with Gasteiger partial charge in [0.2, 0.25) is 0 Å². The van der Waals surface area contributed by atoms with Gasteiger partial charge < -0.3 is 5.32 Å². The molecule has 0 saturated carbocycles. The third-order valence-corrected chi connectivity index (χ3v) is 4.95. The van der Waals surface area contributed by atoms with E-state index in [1.807, 2.05) is 12.3 Å². The lowest BCUT2D eigenvalue weighted by atomic mass is 9.89. The van der Waals surface area contributed by atoms with Crippen LogP contribution in [0, 0.1) is 12.8 Å². The van der Waals surface area contributed by atoms with Crippen molar-refractivity contribution in [2.75, 3.05) is 13.1 Å². The van der Waals surface area contributed by atoms with Crippen LogP contribution >= 0.6 is 0 Å². The highest BCUT2D eigenvalue weighted by Gasteiger charge is 2.37. The van der Waals surface area contributed by atoms with Gasteiger partial charge in [-0.2, -0.15) is 0 Å². The number of hydrogen-bond acceptors (Lipinski definition) is 3. The van der Waals surface area contributed by atoms with Crippen molar-refractivity contribution in [1.82, 2.24) is 15.2 Å². The second kappa shape index (κ2) is 6.23. The van der Waals surface area contributed by atoms with E-state index in [2.05, 4.69) is 55.9 Å². The summed E-state index contributed by atoms with van der Waals surface area (Å²) < 4.78 is 0. The molecule has 3 heteroatoms. The maximum absolute atomic E-state index is 4.58. The summed E-state index contributed by atoms with van der Waals surface area (Å²) in [5.74, 6) is 0.670. The normalized spacial score (nSPS) is 28.0. The zero-order valence-corrected chi connectivity index (χ0v) is 13.6. The van der Waals surface area contributed by atoms with Gasteiger partial charge in [0.15, 0.2) is 0 Å². The third-order valence-electron chi connectivity index (χ3n) is 4.95. The predicted molar refractivity (Wildman–Crippen MR) is 84.7 cm³/mol. The summed E-state index contributed by atoms with van der Waals surface area (Å²) in [6.45, 7) is 14.6. The van der Waals surface area contributed by atoms with Crippen molar-refractivity contribution in [1.29, 1.82) is 0 Å². The molecule has 1 aromatic rings. The molecule has 2 unspecified atom stereocenters. The van der Waals surface area contributed by atoms with Gasteiger partial charge >= 0.3 is 0 Å². The van der Waals surface area contributed by atoms with E-state index in [4.69, 9.17) is 0 Å². The Morgan fingerprint density at radius 3 is 2.85 bits per heavy atom. The molecule has 3 nitrogen and oxygen atoms in total. The van der Waals surface area contributed by atoms with Crippen molar-refractivity contribution in [2.45, 2.75) is 59.2 Å². The van der Waals surface area contributed by atoms with Crippen LogP contribution in [0.4, 0.5) is 0 Å².